The fourth-order valence-electron chi connectivity index (χ4n) is 2.05. The quantitative estimate of drug-likeness (QED) is 0.745. The fraction of sp³-hybridized carbons (Fsp3) is 0.235. The van der Waals surface area contributed by atoms with Gasteiger partial charge in [-0.25, -0.2) is 4.79 Å². The monoisotopic (exact) mass is 372 g/mol. The van der Waals surface area contributed by atoms with Gasteiger partial charge in [0.1, 0.15) is 0 Å². The van der Waals surface area contributed by atoms with Crippen LogP contribution in [-0.4, -0.2) is 17.7 Å². The number of amides is 2. The Balaban J connectivity index is 1.79. The minimum absolute atomic E-state index is 0.127. The molecule has 25 heavy (non-hydrogen) atoms. The van der Waals surface area contributed by atoms with E-state index in [1.54, 1.807) is 24.3 Å². The van der Waals surface area contributed by atoms with Gasteiger partial charge >= 0.3 is 12.2 Å². The zero-order chi connectivity index (χ0) is 18.4. The van der Waals surface area contributed by atoms with E-state index < -0.39 is 23.9 Å². The van der Waals surface area contributed by atoms with Gasteiger partial charge in [-0.1, -0.05) is 35.9 Å². The number of nitrogens with one attached hydrogen (secondary N) is 2. The first-order valence-electron chi connectivity index (χ1n) is 7.37. The van der Waals surface area contributed by atoms with Gasteiger partial charge in [0.05, 0.1) is 11.7 Å². The summed E-state index contributed by atoms with van der Waals surface area (Å²) in [5.74, 6) is 0. The molecule has 0 saturated heterocycles. The van der Waals surface area contributed by atoms with Crippen molar-refractivity contribution < 1.29 is 23.1 Å². The predicted octanol–water partition coefficient (Wildman–Crippen LogP) is 3.89. The summed E-state index contributed by atoms with van der Waals surface area (Å²) < 4.78 is 37.5. The molecule has 0 saturated carbocycles. The molecule has 8 heteroatoms. The number of carbonyl (C=O) groups is 1. The zero-order valence-corrected chi connectivity index (χ0v) is 13.7. The first kappa shape index (κ1) is 19.1. The highest BCUT2D eigenvalue weighted by atomic mass is 35.5. The molecular formula is C17H16ClF3N2O2. The van der Waals surface area contributed by atoms with Crippen LogP contribution in [0.25, 0.3) is 0 Å². The van der Waals surface area contributed by atoms with Crippen LogP contribution in [0, 0.1) is 0 Å². The first-order chi connectivity index (χ1) is 11.8. The van der Waals surface area contributed by atoms with E-state index in [0.717, 1.165) is 17.7 Å². The number of rotatable bonds is 5. The van der Waals surface area contributed by atoms with Gasteiger partial charge < -0.3 is 15.7 Å². The molecule has 0 heterocycles. The Hall–Kier alpha value is -2.25. The molecule has 0 aromatic heterocycles. The maximum Gasteiger partial charge on any atom is 0.416 e. The van der Waals surface area contributed by atoms with Crippen molar-refractivity contribution in [1.29, 1.82) is 0 Å². The average Bonchev–Trinajstić information content (AvgIpc) is 2.58. The van der Waals surface area contributed by atoms with Crippen molar-refractivity contribution in [2.75, 3.05) is 6.54 Å². The average molecular weight is 373 g/mol. The molecule has 0 aliphatic heterocycles. The summed E-state index contributed by atoms with van der Waals surface area (Å²) in [5.41, 5.74) is 0.339. The molecule has 0 radical (unpaired) electrons. The lowest BCUT2D eigenvalue weighted by molar-refractivity contribution is -0.137. The van der Waals surface area contributed by atoms with Gasteiger partial charge in [0.2, 0.25) is 0 Å². The molecule has 2 aromatic rings. The molecule has 4 nitrogen and oxygen atoms in total. The second kappa shape index (κ2) is 8.22. The van der Waals surface area contributed by atoms with Gasteiger partial charge in [0.25, 0.3) is 0 Å². The third kappa shape index (κ3) is 5.95. The molecule has 2 rings (SSSR count). The lowest BCUT2D eigenvalue weighted by Gasteiger charge is -2.14. The Bertz CT molecular complexity index is 703. The van der Waals surface area contributed by atoms with Crippen LogP contribution in [0.15, 0.2) is 48.5 Å². The largest absolute Gasteiger partial charge is 0.416 e. The lowest BCUT2D eigenvalue weighted by Crippen LogP contribution is -2.37. The molecule has 2 amide bonds. The van der Waals surface area contributed by atoms with Crippen LogP contribution in [0.5, 0.6) is 0 Å². The van der Waals surface area contributed by atoms with E-state index in [4.69, 9.17) is 11.6 Å². The van der Waals surface area contributed by atoms with Crippen LogP contribution in [0.2, 0.25) is 5.02 Å². The molecule has 3 N–H and O–H groups in total. The van der Waals surface area contributed by atoms with Crippen LogP contribution in [0.1, 0.15) is 22.8 Å². The second-order valence-corrected chi connectivity index (χ2v) is 5.76. The standard InChI is InChI=1S/C17H16ClF3N2O2/c18-14-7-1-11(2-8-14)9-22-16(25)23-10-15(24)12-3-5-13(6-4-12)17(19,20)21/h1-8,15,24H,9-10H2,(H2,22,23,25). The molecule has 1 unspecified atom stereocenters. The Labute approximate surface area is 147 Å². The molecule has 1 atom stereocenters. The van der Waals surface area contributed by atoms with Crippen molar-refractivity contribution in [2.24, 2.45) is 0 Å². The Kier molecular flexibility index (Phi) is 6.27. The topological polar surface area (TPSA) is 61.4 Å². The van der Waals surface area contributed by atoms with Crippen molar-refractivity contribution in [3.8, 4) is 0 Å². The summed E-state index contributed by atoms with van der Waals surface area (Å²) in [5, 5.41) is 15.6. The number of urea groups is 1. The Morgan fingerprint density at radius 3 is 2.20 bits per heavy atom. The Morgan fingerprint density at radius 2 is 1.64 bits per heavy atom. The molecule has 0 bridgehead atoms. The van der Waals surface area contributed by atoms with Crippen molar-refractivity contribution in [3.63, 3.8) is 0 Å². The van der Waals surface area contributed by atoms with Gasteiger partial charge in [-0.2, -0.15) is 13.2 Å². The molecule has 134 valence electrons. The van der Waals surface area contributed by atoms with Gasteiger partial charge in [0, 0.05) is 18.1 Å². The highest BCUT2D eigenvalue weighted by Crippen LogP contribution is 2.29. The number of hydrogen-bond acceptors (Lipinski definition) is 2. The van der Waals surface area contributed by atoms with E-state index in [9.17, 15) is 23.1 Å². The third-order valence-electron chi connectivity index (χ3n) is 3.45. The van der Waals surface area contributed by atoms with E-state index in [0.29, 0.717) is 5.02 Å². The number of aliphatic hydroxyl groups excluding tert-OH is 1. The lowest BCUT2D eigenvalue weighted by atomic mass is 10.1. The van der Waals surface area contributed by atoms with E-state index >= 15 is 0 Å². The summed E-state index contributed by atoms with van der Waals surface area (Å²) >= 11 is 5.76. The summed E-state index contributed by atoms with van der Waals surface area (Å²) in [6.45, 7) is 0.150. The number of benzene rings is 2. The van der Waals surface area contributed by atoms with Crippen molar-refractivity contribution in [1.82, 2.24) is 10.6 Å². The summed E-state index contributed by atoms with van der Waals surface area (Å²) in [6.07, 6.45) is -5.54. The van der Waals surface area contributed by atoms with E-state index in [2.05, 4.69) is 10.6 Å². The second-order valence-electron chi connectivity index (χ2n) is 5.33. The smallest absolute Gasteiger partial charge is 0.387 e. The summed E-state index contributed by atoms with van der Waals surface area (Å²) in [6, 6.07) is 10.6. The number of alkyl halides is 3. The number of carbonyl (C=O) groups excluding carboxylic acids is 1. The maximum absolute atomic E-state index is 12.5. The number of aliphatic hydroxyl groups is 1. The summed E-state index contributed by atoms with van der Waals surface area (Å²) in [4.78, 5) is 11.7. The Morgan fingerprint density at radius 1 is 1.04 bits per heavy atom. The molecule has 0 spiro atoms. The molecule has 0 aliphatic carbocycles. The van der Waals surface area contributed by atoms with Crippen LogP contribution in [0.4, 0.5) is 18.0 Å². The molecule has 0 aliphatic rings. The van der Waals surface area contributed by atoms with Crippen LogP contribution in [0.3, 0.4) is 0 Å². The highest BCUT2D eigenvalue weighted by molar-refractivity contribution is 6.30. The third-order valence-corrected chi connectivity index (χ3v) is 3.70. The van der Waals surface area contributed by atoms with E-state index in [1.807, 2.05) is 0 Å². The SMILES string of the molecule is O=C(NCc1ccc(Cl)cc1)NCC(O)c1ccc(C(F)(F)F)cc1. The molecule has 0 fully saturated rings. The van der Waals surface area contributed by atoms with Gasteiger partial charge in [0.15, 0.2) is 0 Å². The predicted molar refractivity (Wildman–Crippen MR) is 88.1 cm³/mol. The van der Waals surface area contributed by atoms with Gasteiger partial charge in [-0.15, -0.1) is 0 Å². The van der Waals surface area contributed by atoms with Crippen molar-refractivity contribution in [2.45, 2.75) is 18.8 Å². The van der Waals surface area contributed by atoms with Gasteiger partial charge in [-0.05, 0) is 35.4 Å². The minimum atomic E-state index is -4.43. The van der Waals surface area contributed by atoms with Crippen molar-refractivity contribution in [3.05, 3.63) is 70.2 Å². The van der Waals surface area contributed by atoms with Crippen molar-refractivity contribution >= 4 is 17.6 Å². The van der Waals surface area contributed by atoms with Crippen LogP contribution >= 0.6 is 11.6 Å². The molecular weight excluding hydrogens is 357 g/mol. The number of halogens is 4. The van der Waals surface area contributed by atoms with E-state index in [1.165, 1.54) is 12.1 Å². The van der Waals surface area contributed by atoms with Crippen LogP contribution in [-0.2, 0) is 12.7 Å². The minimum Gasteiger partial charge on any atom is -0.387 e. The fourth-order valence-corrected chi connectivity index (χ4v) is 2.17. The number of hydrogen-bond donors (Lipinski definition) is 3. The van der Waals surface area contributed by atoms with Gasteiger partial charge in [-0.3, -0.25) is 0 Å². The normalized spacial score (nSPS) is 12.5. The van der Waals surface area contributed by atoms with E-state index in [-0.39, 0.29) is 18.7 Å². The van der Waals surface area contributed by atoms with Crippen LogP contribution < -0.4 is 10.6 Å². The maximum atomic E-state index is 12.5. The summed E-state index contributed by atoms with van der Waals surface area (Å²) in [7, 11) is 0. The highest BCUT2D eigenvalue weighted by Gasteiger charge is 2.30. The zero-order valence-electron chi connectivity index (χ0n) is 13.0. The molecule has 2 aromatic carbocycles. The first-order valence-corrected chi connectivity index (χ1v) is 7.75.